The minimum atomic E-state index is -0.569. The van der Waals surface area contributed by atoms with Crippen molar-refractivity contribution < 1.29 is 19.1 Å². The second kappa shape index (κ2) is 10.9. The summed E-state index contributed by atoms with van der Waals surface area (Å²) in [6.45, 7) is 5.53. The lowest BCUT2D eigenvalue weighted by molar-refractivity contribution is 0.0548. The molecule has 1 aromatic carbocycles. The van der Waals surface area contributed by atoms with Crippen LogP contribution in [0.4, 0.5) is 5.95 Å². The number of ether oxygens (including phenoxy) is 1. The van der Waals surface area contributed by atoms with Crippen molar-refractivity contribution in [2.45, 2.75) is 25.8 Å². The molecule has 2 aromatic rings. The third-order valence-corrected chi connectivity index (χ3v) is 5.27. The number of carbonyl (C=O) groups is 3. The van der Waals surface area contributed by atoms with Crippen LogP contribution in [-0.4, -0.2) is 47.2 Å². The highest BCUT2D eigenvalue weighted by molar-refractivity contribution is 5.98. The molecule has 1 heterocycles. The molecule has 10 nitrogen and oxygen atoms in total. The van der Waals surface area contributed by atoms with Crippen LogP contribution in [-0.2, 0) is 11.2 Å². The number of hydrogen-bond acceptors (Lipinski definition) is 7. The maximum absolute atomic E-state index is 13.0. The predicted molar refractivity (Wildman–Crippen MR) is 126 cm³/mol. The third kappa shape index (κ3) is 5.27. The van der Waals surface area contributed by atoms with Crippen LogP contribution in [0.15, 0.2) is 35.8 Å². The molecule has 10 heteroatoms. The van der Waals surface area contributed by atoms with Gasteiger partial charge in [0.15, 0.2) is 0 Å². The average Bonchev–Trinajstić information content (AvgIpc) is 3.24. The summed E-state index contributed by atoms with van der Waals surface area (Å²) in [6, 6.07) is 4.47. The second-order valence-corrected chi connectivity index (χ2v) is 7.36. The van der Waals surface area contributed by atoms with Gasteiger partial charge < -0.3 is 21.1 Å². The van der Waals surface area contributed by atoms with Crippen molar-refractivity contribution in [3.8, 4) is 12.3 Å². The number of terminal acetylenes is 1. The van der Waals surface area contributed by atoms with Gasteiger partial charge in [-0.15, -0.1) is 6.42 Å². The van der Waals surface area contributed by atoms with Gasteiger partial charge in [0.25, 0.3) is 17.8 Å². The smallest absolute Gasteiger partial charge is 0.338 e. The van der Waals surface area contributed by atoms with Crippen molar-refractivity contribution in [1.29, 1.82) is 0 Å². The summed E-state index contributed by atoms with van der Waals surface area (Å²) in [7, 11) is 0. The molecule has 0 radical (unpaired) electrons. The number of rotatable bonds is 8. The number of nitrogens with two attached hydrogens (primary N) is 1. The van der Waals surface area contributed by atoms with Crippen molar-refractivity contribution in [3.05, 3.63) is 64.5 Å². The molecule has 0 saturated carbocycles. The maximum Gasteiger partial charge on any atom is 0.338 e. The Morgan fingerprint density at radius 1 is 1.32 bits per heavy atom. The first-order chi connectivity index (χ1) is 16.4. The Hall–Kier alpha value is -4.52. The third-order valence-electron chi connectivity index (χ3n) is 5.27. The lowest BCUT2D eigenvalue weighted by Crippen LogP contribution is -2.29. The van der Waals surface area contributed by atoms with Gasteiger partial charge in [-0.3, -0.25) is 9.59 Å². The number of benzene rings is 1. The van der Waals surface area contributed by atoms with Gasteiger partial charge in [0.1, 0.15) is 18.0 Å². The number of esters is 1. The maximum atomic E-state index is 13.0. The largest absolute Gasteiger partial charge is 0.458 e. The number of nitrogens with one attached hydrogen (secondary N) is 2. The molecule has 3 rings (SSSR count). The summed E-state index contributed by atoms with van der Waals surface area (Å²) < 4.78 is 5.15. The fourth-order valence-electron chi connectivity index (χ4n) is 3.71. The zero-order valence-corrected chi connectivity index (χ0v) is 18.6. The summed E-state index contributed by atoms with van der Waals surface area (Å²) in [5.74, 6) is 0.662. The number of fused-ring (bicyclic) bond motifs is 1. The minimum Gasteiger partial charge on any atom is -0.458 e. The topological polar surface area (TPSA) is 149 Å². The van der Waals surface area contributed by atoms with E-state index >= 15 is 0 Å². The molecule has 34 heavy (non-hydrogen) atoms. The second-order valence-electron chi connectivity index (χ2n) is 7.36. The van der Waals surface area contributed by atoms with Crippen LogP contribution < -0.4 is 16.4 Å². The first-order valence-corrected chi connectivity index (χ1v) is 10.5. The van der Waals surface area contributed by atoms with Gasteiger partial charge in [0, 0.05) is 6.07 Å². The van der Waals surface area contributed by atoms with Crippen LogP contribution in [0.5, 0.6) is 0 Å². The van der Waals surface area contributed by atoms with E-state index in [0.29, 0.717) is 18.4 Å². The van der Waals surface area contributed by atoms with Crippen LogP contribution >= 0.6 is 0 Å². The van der Waals surface area contributed by atoms with E-state index in [9.17, 15) is 14.4 Å². The minimum absolute atomic E-state index is 0.00118. The van der Waals surface area contributed by atoms with E-state index in [1.807, 2.05) is 13.0 Å². The molecule has 0 aliphatic heterocycles. The molecule has 0 unspecified atom stereocenters. The highest BCUT2D eigenvalue weighted by Gasteiger charge is 2.28. The van der Waals surface area contributed by atoms with Gasteiger partial charge in [0.05, 0.1) is 24.5 Å². The molecule has 1 aromatic heterocycles. The Balaban J connectivity index is 1.83. The van der Waals surface area contributed by atoms with E-state index in [4.69, 9.17) is 16.9 Å². The summed E-state index contributed by atoms with van der Waals surface area (Å²) in [5.41, 5.74) is 8.40. The highest BCUT2D eigenvalue weighted by Crippen LogP contribution is 2.35. The van der Waals surface area contributed by atoms with Crippen LogP contribution in [0.2, 0.25) is 0 Å². The van der Waals surface area contributed by atoms with Gasteiger partial charge in [-0.25, -0.2) is 19.8 Å². The standard InChI is InChI=1S/C24H24N6O4/c1-4-10-26-21(31)19-12-20(30-24(29-19)27-13-25)22(32)28-18-9-8-15-14(3)16(6-7-17(15)18)23(33)34-11-5-2/h1,5-7,12-13,18H,2,8-11H2,3H3,(H,26,31)(H,28,32)(H2,25,27,29,30)/t18-/m0/s1. The molecule has 0 spiro atoms. The molecule has 0 bridgehead atoms. The van der Waals surface area contributed by atoms with E-state index in [1.165, 1.54) is 12.1 Å². The van der Waals surface area contributed by atoms with Crippen LogP contribution in [0.25, 0.3) is 0 Å². The fraction of sp³-hybridized carbons (Fsp3) is 0.250. The lowest BCUT2D eigenvalue weighted by Gasteiger charge is -2.16. The van der Waals surface area contributed by atoms with Crippen molar-refractivity contribution in [3.63, 3.8) is 0 Å². The Morgan fingerprint density at radius 2 is 2.06 bits per heavy atom. The number of aromatic nitrogens is 2. The van der Waals surface area contributed by atoms with Crippen molar-refractivity contribution in [1.82, 2.24) is 20.6 Å². The summed E-state index contributed by atoms with van der Waals surface area (Å²) >= 11 is 0. The van der Waals surface area contributed by atoms with Crippen molar-refractivity contribution in [2.75, 3.05) is 13.2 Å². The zero-order valence-electron chi connectivity index (χ0n) is 18.6. The predicted octanol–water partition coefficient (Wildman–Crippen LogP) is 1.53. The van der Waals surface area contributed by atoms with E-state index in [1.54, 1.807) is 6.07 Å². The summed E-state index contributed by atoms with van der Waals surface area (Å²) in [5, 5.41) is 5.41. The van der Waals surface area contributed by atoms with Crippen molar-refractivity contribution >= 4 is 30.1 Å². The van der Waals surface area contributed by atoms with Crippen LogP contribution in [0.1, 0.15) is 60.5 Å². The number of amides is 2. The monoisotopic (exact) mass is 460 g/mol. The SMILES string of the molecule is C#CCNC(=O)c1cc(C(=O)N[C@H]2CCc3c2ccc(C(=O)OCC=C)c3C)nc(N=CN)n1. The van der Waals surface area contributed by atoms with Crippen LogP contribution in [0.3, 0.4) is 0 Å². The van der Waals surface area contributed by atoms with Crippen molar-refractivity contribution in [2.24, 2.45) is 10.7 Å². The molecule has 2 amide bonds. The average molecular weight is 460 g/mol. The van der Waals surface area contributed by atoms with E-state index in [2.05, 4.69) is 38.1 Å². The normalized spacial score (nSPS) is 14.2. The number of hydrogen-bond donors (Lipinski definition) is 3. The molecule has 1 atom stereocenters. The molecule has 174 valence electrons. The highest BCUT2D eigenvalue weighted by atomic mass is 16.5. The van der Waals surface area contributed by atoms with E-state index in [0.717, 1.165) is 23.0 Å². The summed E-state index contributed by atoms with van der Waals surface area (Å²) in [4.78, 5) is 49.4. The molecule has 0 fully saturated rings. The quantitative estimate of drug-likeness (QED) is 0.178. The molecule has 1 aliphatic carbocycles. The molecular weight excluding hydrogens is 436 g/mol. The van der Waals surface area contributed by atoms with Crippen LogP contribution in [0, 0.1) is 19.3 Å². The lowest BCUT2D eigenvalue weighted by atomic mass is 9.98. The van der Waals surface area contributed by atoms with Gasteiger partial charge >= 0.3 is 5.97 Å². The zero-order chi connectivity index (χ0) is 24.7. The fourth-order valence-corrected chi connectivity index (χ4v) is 3.71. The Morgan fingerprint density at radius 3 is 2.74 bits per heavy atom. The Labute approximate surface area is 196 Å². The van der Waals surface area contributed by atoms with Gasteiger partial charge in [-0.05, 0) is 42.5 Å². The Kier molecular flexibility index (Phi) is 7.71. The Bertz CT molecular complexity index is 1210. The first-order valence-electron chi connectivity index (χ1n) is 10.5. The molecule has 1 aliphatic rings. The number of aliphatic imine (C=N–C) groups is 1. The van der Waals surface area contributed by atoms with Gasteiger partial charge in [-0.2, -0.15) is 0 Å². The van der Waals surface area contributed by atoms with Gasteiger partial charge in [-0.1, -0.05) is 24.6 Å². The van der Waals surface area contributed by atoms with E-state index in [-0.39, 0.29) is 36.5 Å². The number of nitrogens with zero attached hydrogens (tertiary/aromatic N) is 3. The molecule has 0 saturated heterocycles. The first kappa shape index (κ1) is 24.1. The summed E-state index contributed by atoms with van der Waals surface area (Å²) in [6.07, 6.45) is 8.96. The van der Waals surface area contributed by atoms with E-state index < -0.39 is 17.8 Å². The number of carbonyl (C=O) groups excluding carboxylic acids is 3. The molecular formula is C24H24N6O4. The molecule has 4 N–H and O–H groups in total. The van der Waals surface area contributed by atoms with Gasteiger partial charge in [0.2, 0.25) is 0 Å².